The Morgan fingerprint density at radius 3 is 2.65 bits per heavy atom. The summed E-state index contributed by atoms with van der Waals surface area (Å²) in [5, 5.41) is 11.2. The quantitative estimate of drug-likeness (QED) is 0.622. The number of unbranched alkanes of at least 4 members (excludes halogenated alkanes) is 2. The lowest BCUT2D eigenvalue weighted by atomic mass is 10.2. The zero-order valence-electron chi connectivity index (χ0n) is 9.90. The first-order valence-corrected chi connectivity index (χ1v) is 6.79. The number of hydrogen-bond donors (Lipinski definition) is 1. The number of rotatable bonds is 6. The highest BCUT2D eigenvalue weighted by atomic mass is 32.2. The molecule has 0 aliphatic heterocycles. The Morgan fingerprint density at radius 2 is 2.06 bits per heavy atom. The summed E-state index contributed by atoms with van der Waals surface area (Å²) >= 11 is 1.65. The van der Waals surface area contributed by atoms with Gasteiger partial charge in [0.1, 0.15) is 0 Å². The van der Waals surface area contributed by atoms with Gasteiger partial charge in [-0.1, -0.05) is 0 Å². The summed E-state index contributed by atoms with van der Waals surface area (Å²) in [5.74, 6) is -0.0467. The summed E-state index contributed by atoms with van der Waals surface area (Å²) in [6, 6.07) is 9.62. The third-order valence-corrected chi connectivity index (χ3v) is 3.10. The maximum absolute atomic E-state index is 11.7. The van der Waals surface area contributed by atoms with E-state index in [4.69, 9.17) is 5.26 Å². The molecule has 0 radical (unpaired) electrons. The lowest BCUT2D eigenvalue weighted by Gasteiger charge is -2.04. The van der Waals surface area contributed by atoms with E-state index >= 15 is 0 Å². The Morgan fingerprint density at radius 1 is 1.35 bits per heavy atom. The molecule has 0 aromatic heterocycles. The average molecular weight is 248 g/mol. The van der Waals surface area contributed by atoms with E-state index in [9.17, 15) is 4.79 Å². The van der Waals surface area contributed by atoms with Crippen LogP contribution in [-0.2, 0) is 0 Å². The number of benzene rings is 1. The van der Waals surface area contributed by atoms with Crippen LogP contribution in [0.4, 0.5) is 0 Å². The van der Waals surface area contributed by atoms with E-state index in [2.05, 4.69) is 11.4 Å². The Bertz CT molecular complexity index is 395. The van der Waals surface area contributed by atoms with E-state index in [1.807, 2.05) is 30.5 Å². The van der Waals surface area contributed by atoms with Crippen LogP contribution >= 0.6 is 11.8 Å². The zero-order chi connectivity index (χ0) is 12.5. The van der Waals surface area contributed by atoms with E-state index in [0.717, 1.165) is 17.7 Å². The summed E-state index contributed by atoms with van der Waals surface area (Å²) < 4.78 is 0. The third kappa shape index (κ3) is 4.92. The van der Waals surface area contributed by atoms with Crippen LogP contribution in [0.2, 0.25) is 0 Å². The Hall–Kier alpha value is -1.47. The molecule has 4 heteroatoms. The molecule has 0 unspecified atom stereocenters. The zero-order valence-corrected chi connectivity index (χ0v) is 10.7. The van der Waals surface area contributed by atoms with Crippen LogP contribution in [0, 0.1) is 11.3 Å². The molecule has 17 heavy (non-hydrogen) atoms. The molecule has 0 spiro atoms. The number of nitriles is 1. The fraction of sp³-hybridized carbons (Fsp3) is 0.385. The molecule has 1 rings (SSSR count). The van der Waals surface area contributed by atoms with Gasteiger partial charge in [-0.15, -0.1) is 11.8 Å². The maximum atomic E-state index is 11.7. The first-order chi connectivity index (χ1) is 8.27. The van der Waals surface area contributed by atoms with Gasteiger partial charge in [-0.3, -0.25) is 4.79 Å². The van der Waals surface area contributed by atoms with Crippen LogP contribution in [0.5, 0.6) is 0 Å². The lowest BCUT2D eigenvalue weighted by Crippen LogP contribution is -2.24. The molecular formula is C13H16N2OS. The van der Waals surface area contributed by atoms with Gasteiger partial charge in [-0.2, -0.15) is 5.26 Å². The second kappa shape index (κ2) is 7.75. The molecule has 0 aliphatic carbocycles. The standard InChI is InChI=1S/C13H16N2OS/c1-17-12-7-5-11(6-8-12)13(16)15-10-4-2-3-9-14/h5-8H,2-4,10H2,1H3,(H,15,16). The lowest BCUT2D eigenvalue weighted by molar-refractivity contribution is 0.0953. The molecule has 1 N–H and O–H groups in total. The van der Waals surface area contributed by atoms with Crippen molar-refractivity contribution in [3.8, 4) is 6.07 Å². The van der Waals surface area contributed by atoms with Gasteiger partial charge in [-0.05, 0) is 43.4 Å². The topological polar surface area (TPSA) is 52.9 Å². The van der Waals surface area contributed by atoms with Gasteiger partial charge < -0.3 is 5.32 Å². The largest absolute Gasteiger partial charge is 0.352 e. The number of thioether (sulfide) groups is 1. The molecule has 0 fully saturated rings. The molecule has 0 heterocycles. The normalized spacial score (nSPS) is 9.65. The van der Waals surface area contributed by atoms with E-state index in [1.165, 1.54) is 0 Å². The summed E-state index contributed by atoms with van der Waals surface area (Å²) in [5.41, 5.74) is 0.683. The molecule has 0 aliphatic rings. The smallest absolute Gasteiger partial charge is 0.251 e. The Labute approximate surface area is 106 Å². The van der Waals surface area contributed by atoms with Crippen molar-refractivity contribution < 1.29 is 4.79 Å². The van der Waals surface area contributed by atoms with Gasteiger partial charge in [0.05, 0.1) is 6.07 Å². The molecule has 1 aromatic rings. The number of carbonyl (C=O) groups is 1. The summed E-state index contributed by atoms with van der Waals surface area (Å²) in [4.78, 5) is 12.8. The van der Waals surface area contributed by atoms with Crippen LogP contribution in [0.1, 0.15) is 29.6 Å². The summed E-state index contributed by atoms with van der Waals surface area (Å²) in [7, 11) is 0. The second-order valence-electron chi connectivity index (χ2n) is 3.60. The van der Waals surface area contributed by atoms with Crippen molar-refractivity contribution in [2.45, 2.75) is 24.2 Å². The molecule has 0 bridgehead atoms. The number of hydrogen-bond acceptors (Lipinski definition) is 3. The predicted octanol–water partition coefficient (Wildman–Crippen LogP) is 2.83. The Kier molecular flexibility index (Phi) is 6.19. The molecule has 0 saturated carbocycles. The van der Waals surface area contributed by atoms with Crippen molar-refractivity contribution in [1.82, 2.24) is 5.32 Å². The molecule has 1 aromatic carbocycles. The third-order valence-electron chi connectivity index (χ3n) is 2.35. The Balaban J connectivity index is 2.34. The monoisotopic (exact) mass is 248 g/mol. The van der Waals surface area contributed by atoms with Crippen molar-refractivity contribution in [3.05, 3.63) is 29.8 Å². The van der Waals surface area contributed by atoms with Crippen LogP contribution in [0.15, 0.2) is 29.2 Å². The van der Waals surface area contributed by atoms with E-state index in [-0.39, 0.29) is 5.91 Å². The molecule has 0 atom stereocenters. The van der Waals surface area contributed by atoms with Crippen LogP contribution in [0.25, 0.3) is 0 Å². The van der Waals surface area contributed by atoms with Crippen molar-refractivity contribution in [1.29, 1.82) is 5.26 Å². The highest BCUT2D eigenvalue weighted by Crippen LogP contribution is 2.14. The van der Waals surface area contributed by atoms with E-state index in [0.29, 0.717) is 18.5 Å². The molecule has 0 saturated heterocycles. The SMILES string of the molecule is CSc1ccc(C(=O)NCCCCC#N)cc1. The molecular weight excluding hydrogens is 232 g/mol. The first-order valence-electron chi connectivity index (χ1n) is 5.57. The fourth-order valence-corrected chi connectivity index (χ4v) is 1.78. The van der Waals surface area contributed by atoms with Crippen LogP contribution in [0.3, 0.4) is 0 Å². The van der Waals surface area contributed by atoms with Gasteiger partial charge in [0.2, 0.25) is 0 Å². The van der Waals surface area contributed by atoms with Gasteiger partial charge in [0, 0.05) is 23.4 Å². The van der Waals surface area contributed by atoms with Gasteiger partial charge in [-0.25, -0.2) is 0 Å². The van der Waals surface area contributed by atoms with Crippen molar-refractivity contribution >= 4 is 17.7 Å². The van der Waals surface area contributed by atoms with E-state index in [1.54, 1.807) is 11.8 Å². The summed E-state index contributed by atoms with van der Waals surface area (Å²) in [6.45, 7) is 0.630. The highest BCUT2D eigenvalue weighted by molar-refractivity contribution is 7.98. The first kappa shape index (κ1) is 13.6. The van der Waals surface area contributed by atoms with Gasteiger partial charge in [0.15, 0.2) is 0 Å². The maximum Gasteiger partial charge on any atom is 0.251 e. The van der Waals surface area contributed by atoms with Gasteiger partial charge >= 0.3 is 0 Å². The minimum atomic E-state index is -0.0467. The van der Waals surface area contributed by atoms with Crippen molar-refractivity contribution in [2.24, 2.45) is 0 Å². The average Bonchev–Trinajstić information content (AvgIpc) is 2.38. The molecule has 1 amide bonds. The number of carbonyl (C=O) groups excluding carboxylic acids is 1. The number of amides is 1. The number of nitrogens with one attached hydrogen (secondary N) is 1. The summed E-state index contributed by atoms with van der Waals surface area (Å²) in [6.07, 6.45) is 4.24. The van der Waals surface area contributed by atoms with Crippen LogP contribution in [-0.4, -0.2) is 18.7 Å². The number of nitrogens with zero attached hydrogens (tertiary/aromatic N) is 1. The minimum Gasteiger partial charge on any atom is -0.352 e. The van der Waals surface area contributed by atoms with Crippen LogP contribution < -0.4 is 5.32 Å². The molecule has 3 nitrogen and oxygen atoms in total. The van der Waals surface area contributed by atoms with E-state index < -0.39 is 0 Å². The van der Waals surface area contributed by atoms with Crippen molar-refractivity contribution in [2.75, 3.05) is 12.8 Å². The second-order valence-corrected chi connectivity index (χ2v) is 4.48. The minimum absolute atomic E-state index is 0.0467. The fourth-order valence-electron chi connectivity index (χ4n) is 1.38. The predicted molar refractivity (Wildman–Crippen MR) is 70.0 cm³/mol. The molecule has 90 valence electrons. The van der Waals surface area contributed by atoms with Gasteiger partial charge in [0.25, 0.3) is 5.91 Å². The highest BCUT2D eigenvalue weighted by Gasteiger charge is 2.03. The van der Waals surface area contributed by atoms with Crippen molar-refractivity contribution in [3.63, 3.8) is 0 Å².